The van der Waals surface area contributed by atoms with E-state index in [2.05, 4.69) is 0 Å². The molecule has 19 heavy (non-hydrogen) atoms. The van der Waals surface area contributed by atoms with E-state index in [0.717, 1.165) is 5.56 Å². The van der Waals surface area contributed by atoms with Crippen LogP contribution in [-0.4, -0.2) is 35.5 Å². The number of methoxy groups -OCH3 is 1. The van der Waals surface area contributed by atoms with Crippen molar-refractivity contribution in [1.82, 2.24) is 4.90 Å². The molecular weight excluding hydrogens is 246 g/mol. The molecule has 1 saturated heterocycles. The summed E-state index contributed by atoms with van der Waals surface area (Å²) in [5.74, 6) is -0.930. The van der Waals surface area contributed by atoms with E-state index in [0.29, 0.717) is 5.75 Å². The van der Waals surface area contributed by atoms with Gasteiger partial charge in [-0.3, -0.25) is 9.59 Å². The predicted molar refractivity (Wildman–Crippen MR) is 68.9 cm³/mol. The number of benzene rings is 1. The molecule has 1 N–H and O–H groups in total. The maximum Gasteiger partial charge on any atom is 0.308 e. The number of nitrogens with zero attached hydrogens (tertiary/aromatic N) is 1. The lowest BCUT2D eigenvalue weighted by Crippen LogP contribution is -2.29. The predicted octanol–water partition coefficient (Wildman–Crippen LogP) is 1.69. The third kappa shape index (κ3) is 2.54. The Labute approximate surface area is 111 Å². The molecule has 1 amide bonds. The summed E-state index contributed by atoms with van der Waals surface area (Å²) in [6.07, 6.45) is 0.0782. The van der Waals surface area contributed by atoms with E-state index >= 15 is 0 Å². The van der Waals surface area contributed by atoms with Crippen LogP contribution in [0.5, 0.6) is 5.75 Å². The summed E-state index contributed by atoms with van der Waals surface area (Å²) in [5.41, 5.74) is 0.893. The van der Waals surface area contributed by atoms with E-state index < -0.39 is 11.9 Å². The Morgan fingerprint density at radius 3 is 2.74 bits per heavy atom. The van der Waals surface area contributed by atoms with Crippen molar-refractivity contribution in [2.24, 2.45) is 5.92 Å². The first-order valence-electron chi connectivity index (χ1n) is 6.19. The lowest BCUT2D eigenvalue weighted by atomic mass is 10.1. The number of carboxylic acids is 1. The van der Waals surface area contributed by atoms with Crippen LogP contribution in [0.4, 0.5) is 0 Å². The highest BCUT2D eigenvalue weighted by molar-refractivity contribution is 5.86. The summed E-state index contributed by atoms with van der Waals surface area (Å²) in [5, 5.41) is 9.00. The summed E-state index contributed by atoms with van der Waals surface area (Å²) < 4.78 is 5.28. The zero-order valence-corrected chi connectivity index (χ0v) is 11.0. The van der Waals surface area contributed by atoms with E-state index in [4.69, 9.17) is 9.84 Å². The van der Waals surface area contributed by atoms with Crippen molar-refractivity contribution in [2.75, 3.05) is 13.7 Å². The molecule has 1 fully saturated rings. The second kappa shape index (κ2) is 5.30. The van der Waals surface area contributed by atoms with Crippen LogP contribution in [0.3, 0.4) is 0 Å². The largest absolute Gasteiger partial charge is 0.496 e. The van der Waals surface area contributed by atoms with Gasteiger partial charge in [-0.15, -0.1) is 0 Å². The first-order chi connectivity index (χ1) is 9.04. The normalized spacial score (nSPS) is 20.4. The third-order valence-electron chi connectivity index (χ3n) is 3.56. The fraction of sp³-hybridized carbons (Fsp3) is 0.429. The summed E-state index contributed by atoms with van der Waals surface area (Å²) in [4.78, 5) is 24.5. The van der Waals surface area contributed by atoms with Crippen LogP contribution in [0.15, 0.2) is 24.3 Å². The molecule has 102 valence electrons. The van der Waals surface area contributed by atoms with Gasteiger partial charge in [0.15, 0.2) is 0 Å². The lowest BCUT2D eigenvalue weighted by molar-refractivity contribution is -0.141. The molecule has 1 aromatic carbocycles. The fourth-order valence-electron chi connectivity index (χ4n) is 2.45. The van der Waals surface area contributed by atoms with Gasteiger partial charge in [0, 0.05) is 18.5 Å². The Balaban J connectivity index is 2.22. The van der Waals surface area contributed by atoms with Crippen LogP contribution in [0.1, 0.15) is 24.9 Å². The van der Waals surface area contributed by atoms with Gasteiger partial charge in [-0.2, -0.15) is 0 Å². The Hall–Kier alpha value is -2.04. The number of amides is 1. The quantitative estimate of drug-likeness (QED) is 0.897. The standard InChI is InChI=1S/C14H17NO4/c1-9(11-5-3-4-6-12(11)19-2)15-8-10(14(17)18)7-13(15)16/h3-6,9-10H,7-8H2,1-2H3,(H,17,18). The number of aliphatic carboxylic acids is 1. The minimum atomic E-state index is -0.914. The number of ether oxygens (including phenoxy) is 1. The van der Waals surface area contributed by atoms with Crippen molar-refractivity contribution in [1.29, 1.82) is 0 Å². The van der Waals surface area contributed by atoms with E-state index in [1.54, 1.807) is 12.0 Å². The second-order valence-electron chi connectivity index (χ2n) is 4.70. The lowest BCUT2D eigenvalue weighted by Gasteiger charge is -2.26. The maximum absolute atomic E-state index is 11.9. The SMILES string of the molecule is COc1ccccc1C(C)N1CC(C(=O)O)CC1=O. The molecule has 0 radical (unpaired) electrons. The smallest absolute Gasteiger partial charge is 0.308 e. The molecule has 0 aromatic heterocycles. The molecule has 1 aliphatic rings. The van der Waals surface area contributed by atoms with Gasteiger partial charge in [-0.1, -0.05) is 18.2 Å². The molecule has 1 heterocycles. The average molecular weight is 263 g/mol. The van der Waals surface area contributed by atoms with Crippen LogP contribution >= 0.6 is 0 Å². The average Bonchev–Trinajstić information content (AvgIpc) is 2.80. The zero-order valence-electron chi connectivity index (χ0n) is 11.0. The molecule has 0 saturated carbocycles. The van der Waals surface area contributed by atoms with Crippen LogP contribution < -0.4 is 4.74 Å². The van der Waals surface area contributed by atoms with Crippen LogP contribution in [0.2, 0.25) is 0 Å². The molecule has 1 aliphatic heterocycles. The summed E-state index contributed by atoms with van der Waals surface area (Å²) in [6.45, 7) is 2.15. The summed E-state index contributed by atoms with van der Waals surface area (Å²) in [7, 11) is 1.58. The van der Waals surface area contributed by atoms with E-state index in [-0.39, 0.29) is 24.9 Å². The fourth-order valence-corrected chi connectivity index (χ4v) is 2.45. The number of para-hydroxylation sites is 1. The molecule has 2 unspecified atom stereocenters. The highest BCUT2D eigenvalue weighted by Gasteiger charge is 2.37. The Bertz CT molecular complexity index is 500. The number of hydrogen-bond donors (Lipinski definition) is 1. The Morgan fingerprint density at radius 1 is 1.47 bits per heavy atom. The van der Waals surface area contributed by atoms with E-state index in [9.17, 15) is 9.59 Å². The van der Waals surface area contributed by atoms with Crippen molar-refractivity contribution < 1.29 is 19.4 Å². The summed E-state index contributed by atoms with van der Waals surface area (Å²) in [6, 6.07) is 7.28. The van der Waals surface area contributed by atoms with Gasteiger partial charge in [0.2, 0.25) is 5.91 Å². The highest BCUT2D eigenvalue weighted by Crippen LogP contribution is 2.33. The van der Waals surface area contributed by atoms with Crippen molar-refractivity contribution >= 4 is 11.9 Å². The third-order valence-corrected chi connectivity index (χ3v) is 3.56. The zero-order chi connectivity index (χ0) is 14.0. The van der Waals surface area contributed by atoms with Crippen molar-refractivity contribution in [3.8, 4) is 5.75 Å². The van der Waals surface area contributed by atoms with Crippen LogP contribution in [-0.2, 0) is 9.59 Å². The van der Waals surface area contributed by atoms with Crippen molar-refractivity contribution in [3.63, 3.8) is 0 Å². The molecule has 2 atom stereocenters. The summed E-state index contributed by atoms with van der Waals surface area (Å²) >= 11 is 0. The minimum Gasteiger partial charge on any atom is -0.496 e. The monoisotopic (exact) mass is 263 g/mol. The Morgan fingerprint density at radius 2 is 2.16 bits per heavy atom. The van der Waals surface area contributed by atoms with Gasteiger partial charge in [0.25, 0.3) is 0 Å². The van der Waals surface area contributed by atoms with Gasteiger partial charge in [-0.05, 0) is 13.0 Å². The van der Waals surface area contributed by atoms with Gasteiger partial charge in [-0.25, -0.2) is 0 Å². The number of likely N-dealkylation sites (tertiary alicyclic amines) is 1. The minimum absolute atomic E-state index is 0.0782. The van der Waals surface area contributed by atoms with Gasteiger partial charge in [0.1, 0.15) is 5.75 Å². The molecule has 5 nitrogen and oxygen atoms in total. The highest BCUT2D eigenvalue weighted by atomic mass is 16.5. The molecular formula is C14H17NO4. The van der Waals surface area contributed by atoms with Crippen LogP contribution in [0, 0.1) is 5.92 Å². The molecule has 1 aromatic rings. The topological polar surface area (TPSA) is 66.8 Å². The Kier molecular flexibility index (Phi) is 3.74. The number of carbonyl (C=O) groups excluding carboxylic acids is 1. The molecule has 2 rings (SSSR count). The number of carboxylic acid groups (broad SMARTS) is 1. The maximum atomic E-state index is 11.9. The first kappa shape index (κ1) is 13.4. The molecule has 0 aliphatic carbocycles. The first-order valence-corrected chi connectivity index (χ1v) is 6.19. The van der Waals surface area contributed by atoms with Gasteiger partial charge < -0.3 is 14.7 Å². The molecule has 0 spiro atoms. The molecule has 0 bridgehead atoms. The van der Waals surface area contributed by atoms with Gasteiger partial charge in [0.05, 0.1) is 19.1 Å². The van der Waals surface area contributed by atoms with Gasteiger partial charge >= 0.3 is 5.97 Å². The number of carbonyl (C=O) groups is 2. The van der Waals surface area contributed by atoms with Crippen molar-refractivity contribution in [2.45, 2.75) is 19.4 Å². The number of hydrogen-bond acceptors (Lipinski definition) is 3. The second-order valence-corrected chi connectivity index (χ2v) is 4.70. The number of rotatable bonds is 4. The molecule has 5 heteroatoms. The van der Waals surface area contributed by atoms with E-state index in [1.165, 1.54) is 0 Å². The van der Waals surface area contributed by atoms with Crippen LogP contribution in [0.25, 0.3) is 0 Å². The van der Waals surface area contributed by atoms with Crippen molar-refractivity contribution in [3.05, 3.63) is 29.8 Å². The van der Waals surface area contributed by atoms with E-state index in [1.807, 2.05) is 31.2 Å².